The molecule has 20 heavy (non-hydrogen) atoms. The van der Waals surface area contributed by atoms with Crippen molar-refractivity contribution in [2.24, 2.45) is 5.73 Å². The normalized spacial score (nSPS) is 11.6. The number of aromatic nitrogens is 2. The minimum absolute atomic E-state index is 0.175. The number of carbonyl (C=O) groups is 1. The Balaban J connectivity index is 2.15. The summed E-state index contributed by atoms with van der Waals surface area (Å²) in [5.41, 5.74) is 9.57. The summed E-state index contributed by atoms with van der Waals surface area (Å²) in [5.74, 6) is -0.347. The highest BCUT2D eigenvalue weighted by Crippen LogP contribution is 2.43. The van der Waals surface area contributed by atoms with Crippen molar-refractivity contribution in [2.45, 2.75) is 6.54 Å². The van der Waals surface area contributed by atoms with Crippen molar-refractivity contribution in [1.29, 1.82) is 0 Å². The largest absolute Gasteiger partial charge is 0.364 e. The van der Waals surface area contributed by atoms with Gasteiger partial charge in [0.15, 0.2) is 6.20 Å². The molecule has 0 spiro atoms. The predicted octanol–water partition coefficient (Wildman–Crippen LogP) is 1.66. The molecule has 0 bridgehead atoms. The van der Waals surface area contributed by atoms with E-state index in [1.54, 1.807) is 0 Å². The Morgan fingerprint density at radius 1 is 1.15 bits per heavy atom. The first-order valence-corrected chi connectivity index (χ1v) is 6.45. The zero-order valence-electron chi connectivity index (χ0n) is 10.7. The minimum Gasteiger partial charge on any atom is -0.364 e. The molecule has 0 fully saturated rings. The van der Waals surface area contributed by atoms with E-state index in [0.717, 1.165) is 33.3 Å². The topological polar surface area (TPSA) is 59.9 Å². The van der Waals surface area contributed by atoms with Gasteiger partial charge in [0.25, 0.3) is 5.91 Å². The van der Waals surface area contributed by atoms with E-state index in [1.807, 2.05) is 41.2 Å². The van der Waals surface area contributed by atoms with Crippen LogP contribution in [-0.2, 0) is 11.3 Å². The fourth-order valence-corrected chi connectivity index (χ4v) is 2.94. The lowest BCUT2D eigenvalue weighted by molar-refractivity contribution is -0.672. The number of rotatable bonds is 2. The minimum atomic E-state index is -0.347. The van der Waals surface area contributed by atoms with Gasteiger partial charge in [-0.2, -0.15) is 4.57 Å². The van der Waals surface area contributed by atoms with Crippen LogP contribution in [0.4, 0.5) is 0 Å². The van der Waals surface area contributed by atoms with E-state index < -0.39 is 0 Å². The summed E-state index contributed by atoms with van der Waals surface area (Å²) in [6, 6.07) is 12.1. The average Bonchev–Trinajstić information content (AvgIpc) is 2.79. The molecule has 2 heterocycles. The zero-order valence-corrected chi connectivity index (χ0v) is 10.7. The number of nitrogens with zero attached hydrogens (tertiary/aromatic N) is 2. The third-order valence-corrected chi connectivity index (χ3v) is 3.70. The molecule has 1 aromatic carbocycles. The van der Waals surface area contributed by atoms with Gasteiger partial charge in [0.05, 0.1) is 16.6 Å². The van der Waals surface area contributed by atoms with Crippen molar-refractivity contribution < 1.29 is 9.36 Å². The lowest BCUT2D eigenvalue weighted by atomic mass is 10.1. The summed E-state index contributed by atoms with van der Waals surface area (Å²) in [7, 11) is 0. The Bertz CT molecular complexity index is 871. The molecule has 0 aliphatic heterocycles. The summed E-state index contributed by atoms with van der Waals surface area (Å²) in [5, 5.41) is 2.22. The van der Waals surface area contributed by atoms with Crippen molar-refractivity contribution in [3.05, 3.63) is 48.8 Å². The lowest BCUT2D eigenvalue weighted by Crippen LogP contribution is -2.42. The second-order valence-corrected chi connectivity index (χ2v) is 4.93. The van der Waals surface area contributed by atoms with Gasteiger partial charge in [-0.1, -0.05) is 18.2 Å². The van der Waals surface area contributed by atoms with Gasteiger partial charge < -0.3 is 5.73 Å². The molecule has 3 aromatic rings. The van der Waals surface area contributed by atoms with Crippen LogP contribution in [0.15, 0.2) is 48.8 Å². The van der Waals surface area contributed by atoms with E-state index >= 15 is 0 Å². The fraction of sp³-hybridized carbons (Fsp3) is 0.0625. The summed E-state index contributed by atoms with van der Waals surface area (Å²) < 4.78 is 1.90. The number of primary amides is 1. The Morgan fingerprint density at radius 3 is 2.75 bits per heavy atom. The third kappa shape index (κ3) is 1.39. The highest BCUT2D eigenvalue weighted by atomic mass is 16.1. The summed E-state index contributed by atoms with van der Waals surface area (Å²) >= 11 is 0. The molecule has 96 valence electrons. The number of nitrogens with two attached hydrogens (primary N) is 1. The first-order valence-electron chi connectivity index (χ1n) is 6.45. The number of fused-ring (bicyclic) bond motifs is 3. The maximum atomic E-state index is 11.3. The zero-order chi connectivity index (χ0) is 13.7. The summed E-state index contributed by atoms with van der Waals surface area (Å²) in [6.07, 6.45) is 3.73. The monoisotopic (exact) mass is 262 g/mol. The molecule has 4 heteroatoms. The van der Waals surface area contributed by atoms with Gasteiger partial charge in [-0.25, -0.2) is 0 Å². The molecule has 1 amide bonds. The Kier molecular flexibility index (Phi) is 2.15. The van der Waals surface area contributed by atoms with Crippen molar-refractivity contribution in [2.75, 3.05) is 0 Å². The maximum absolute atomic E-state index is 11.3. The van der Waals surface area contributed by atoms with E-state index in [0.29, 0.717) is 0 Å². The van der Waals surface area contributed by atoms with Crippen molar-refractivity contribution in [3.63, 3.8) is 0 Å². The van der Waals surface area contributed by atoms with Gasteiger partial charge >= 0.3 is 0 Å². The molecule has 0 saturated carbocycles. The molecule has 2 aromatic heterocycles. The van der Waals surface area contributed by atoms with Gasteiger partial charge in [-0.15, -0.1) is 0 Å². The highest BCUT2D eigenvalue weighted by molar-refractivity contribution is 6.11. The van der Waals surface area contributed by atoms with Crippen LogP contribution in [0.3, 0.4) is 0 Å². The molecule has 1 aliphatic carbocycles. The van der Waals surface area contributed by atoms with E-state index in [2.05, 4.69) is 17.1 Å². The molecular weight excluding hydrogens is 250 g/mol. The first kappa shape index (κ1) is 11.1. The van der Waals surface area contributed by atoms with Gasteiger partial charge in [0.1, 0.15) is 0 Å². The molecule has 2 N–H and O–H groups in total. The van der Waals surface area contributed by atoms with E-state index in [-0.39, 0.29) is 12.5 Å². The molecule has 0 atom stereocenters. The number of benzene rings is 1. The van der Waals surface area contributed by atoms with Gasteiger partial charge in [-0.05, 0) is 17.5 Å². The van der Waals surface area contributed by atoms with Crippen LogP contribution >= 0.6 is 0 Å². The second kappa shape index (κ2) is 3.87. The van der Waals surface area contributed by atoms with Crippen molar-refractivity contribution in [3.8, 4) is 22.5 Å². The van der Waals surface area contributed by atoms with E-state index in [1.165, 1.54) is 0 Å². The molecular formula is C16H12N3O+. The number of hydrogen-bond acceptors (Lipinski definition) is 2. The molecule has 4 nitrogen and oxygen atoms in total. The predicted molar refractivity (Wildman–Crippen MR) is 75.6 cm³/mol. The van der Waals surface area contributed by atoms with Gasteiger partial charge in [-0.3, -0.25) is 9.78 Å². The summed E-state index contributed by atoms with van der Waals surface area (Å²) in [6.45, 7) is 0.175. The van der Waals surface area contributed by atoms with Crippen molar-refractivity contribution in [1.82, 2.24) is 4.98 Å². The van der Waals surface area contributed by atoms with Gasteiger partial charge in [0.2, 0.25) is 12.2 Å². The third-order valence-electron chi connectivity index (χ3n) is 3.70. The quantitative estimate of drug-likeness (QED) is 0.558. The van der Waals surface area contributed by atoms with Crippen LogP contribution in [0.1, 0.15) is 0 Å². The SMILES string of the molecule is NC(=O)C[n+]1ccc2ccnc3c2c1-c1ccccc1-3. The maximum Gasteiger partial charge on any atom is 0.283 e. The van der Waals surface area contributed by atoms with Crippen LogP contribution in [0.5, 0.6) is 0 Å². The molecule has 1 aliphatic rings. The van der Waals surface area contributed by atoms with Crippen LogP contribution < -0.4 is 10.3 Å². The van der Waals surface area contributed by atoms with Crippen LogP contribution in [-0.4, -0.2) is 10.9 Å². The average molecular weight is 262 g/mol. The van der Waals surface area contributed by atoms with Crippen molar-refractivity contribution >= 4 is 16.7 Å². The Labute approximate surface area is 115 Å². The number of carbonyl (C=O) groups excluding carboxylic acids is 1. The molecule has 0 radical (unpaired) electrons. The smallest absolute Gasteiger partial charge is 0.283 e. The van der Waals surface area contributed by atoms with Gasteiger partial charge in [0, 0.05) is 17.8 Å². The standard InChI is InChI=1S/C16H11N3O/c17-13(20)9-19-8-6-10-5-7-18-15-11-3-1-2-4-12(11)16(19)14(10)15/h1-8H,9H2,(H-,17,20)/p+1. The second-order valence-electron chi connectivity index (χ2n) is 4.93. The van der Waals surface area contributed by atoms with Crippen LogP contribution in [0.2, 0.25) is 0 Å². The number of amides is 1. The van der Waals surface area contributed by atoms with E-state index in [9.17, 15) is 4.79 Å². The first-order chi connectivity index (χ1) is 9.75. The van der Waals surface area contributed by atoms with Crippen LogP contribution in [0, 0.1) is 0 Å². The number of hydrogen-bond donors (Lipinski definition) is 1. The Morgan fingerprint density at radius 2 is 1.95 bits per heavy atom. The molecule has 0 saturated heterocycles. The number of pyridine rings is 2. The summed E-state index contributed by atoms with van der Waals surface area (Å²) in [4.78, 5) is 15.8. The Hall–Kier alpha value is -2.75. The molecule has 4 rings (SSSR count). The van der Waals surface area contributed by atoms with E-state index in [4.69, 9.17) is 5.73 Å². The van der Waals surface area contributed by atoms with Crippen LogP contribution in [0.25, 0.3) is 33.3 Å². The fourth-order valence-electron chi connectivity index (χ4n) is 2.94. The lowest BCUT2D eigenvalue weighted by Gasteiger charge is -2.02. The highest BCUT2D eigenvalue weighted by Gasteiger charge is 2.30. The molecule has 0 unspecified atom stereocenters.